The molecule has 10 nitrogen and oxygen atoms in total. The number of amides is 1. The number of nitrogens with one attached hydrogen (secondary N) is 3. The lowest BCUT2D eigenvalue weighted by molar-refractivity contribution is 0.0534. The summed E-state index contributed by atoms with van der Waals surface area (Å²) in [7, 11) is 0. The minimum atomic E-state index is -0.217. The normalized spacial score (nSPS) is 18.2. The number of nitrogens with zero attached hydrogens (tertiary/aromatic N) is 4. The monoisotopic (exact) mass is 449 g/mol. The van der Waals surface area contributed by atoms with Gasteiger partial charge >= 0.3 is 5.97 Å². The van der Waals surface area contributed by atoms with Crippen molar-refractivity contribution in [3.63, 3.8) is 0 Å². The van der Waals surface area contributed by atoms with Gasteiger partial charge in [-0.15, -0.1) is 5.53 Å². The van der Waals surface area contributed by atoms with Crippen LogP contribution >= 0.6 is 0 Å². The van der Waals surface area contributed by atoms with Crippen LogP contribution in [0.2, 0.25) is 0 Å². The summed E-state index contributed by atoms with van der Waals surface area (Å²) < 4.78 is 5.16. The molecular formula is C23H27N7O3. The summed E-state index contributed by atoms with van der Waals surface area (Å²) in [6, 6.07) is 7.64. The van der Waals surface area contributed by atoms with E-state index in [2.05, 4.69) is 44.4 Å². The second-order valence-corrected chi connectivity index (χ2v) is 8.53. The first kappa shape index (κ1) is 21.4. The molecule has 3 N–H and O–H groups in total. The van der Waals surface area contributed by atoms with E-state index in [4.69, 9.17) is 4.74 Å². The van der Waals surface area contributed by atoms with E-state index in [1.807, 2.05) is 6.07 Å². The van der Waals surface area contributed by atoms with E-state index in [-0.39, 0.29) is 17.9 Å². The predicted octanol–water partition coefficient (Wildman–Crippen LogP) is 1.27. The van der Waals surface area contributed by atoms with Crippen LogP contribution in [0.25, 0.3) is 0 Å². The van der Waals surface area contributed by atoms with Crippen molar-refractivity contribution in [2.45, 2.75) is 38.8 Å². The van der Waals surface area contributed by atoms with Crippen LogP contribution in [0.4, 0.5) is 5.82 Å². The van der Waals surface area contributed by atoms with Gasteiger partial charge in [-0.05, 0) is 55.5 Å². The maximum absolute atomic E-state index is 12.6. The van der Waals surface area contributed by atoms with Crippen molar-refractivity contribution in [2.75, 3.05) is 24.6 Å². The standard InChI is InChI=1S/C23H27N7O3/c1-15-16(2-4-19-20(15)13-33-23(19)32)6-9-29-10-7-18(8-11-29)26-22(31)17-3-5-21(24-12-17)30-14-25-27-28-30/h2-5,12,14,18,27-28H,6-11,13H2,1H3,(H,26,31). The Hall–Kier alpha value is -3.50. The molecule has 0 bridgehead atoms. The summed E-state index contributed by atoms with van der Waals surface area (Å²) in [6.45, 7) is 5.31. The molecule has 4 heterocycles. The summed E-state index contributed by atoms with van der Waals surface area (Å²) in [5.74, 6) is 0.330. The molecule has 5 rings (SSSR count). The Labute approximate surface area is 191 Å². The Balaban J connectivity index is 1.09. The van der Waals surface area contributed by atoms with Gasteiger partial charge in [0.15, 0.2) is 0 Å². The number of likely N-dealkylation sites (tertiary alicyclic amines) is 1. The summed E-state index contributed by atoms with van der Waals surface area (Å²) in [5, 5.41) is 8.59. The summed E-state index contributed by atoms with van der Waals surface area (Å²) >= 11 is 0. The molecule has 1 fully saturated rings. The quantitative estimate of drug-likeness (QED) is 0.566. The first-order chi connectivity index (χ1) is 16.1. The lowest BCUT2D eigenvalue weighted by Crippen LogP contribution is -2.45. The molecule has 2 aromatic rings. The van der Waals surface area contributed by atoms with Gasteiger partial charge in [0.2, 0.25) is 0 Å². The lowest BCUT2D eigenvalue weighted by atomic mass is 9.96. The van der Waals surface area contributed by atoms with Gasteiger partial charge in [0.25, 0.3) is 5.91 Å². The molecule has 1 aromatic heterocycles. The minimum Gasteiger partial charge on any atom is -0.457 e. The zero-order valence-corrected chi connectivity index (χ0v) is 18.5. The van der Waals surface area contributed by atoms with E-state index in [0.717, 1.165) is 44.5 Å². The molecule has 0 saturated carbocycles. The molecule has 1 saturated heterocycles. The van der Waals surface area contributed by atoms with Gasteiger partial charge in [0, 0.05) is 37.4 Å². The number of aromatic nitrogens is 1. The fraction of sp³-hybridized carbons (Fsp3) is 0.391. The van der Waals surface area contributed by atoms with Crippen LogP contribution in [0.3, 0.4) is 0 Å². The van der Waals surface area contributed by atoms with Crippen molar-refractivity contribution in [1.29, 1.82) is 0 Å². The molecule has 0 atom stereocenters. The highest BCUT2D eigenvalue weighted by Gasteiger charge is 2.25. The number of pyridine rings is 1. The van der Waals surface area contributed by atoms with E-state index in [1.54, 1.807) is 29.7 Å². The van der Waals surface area contributed by atoms with Crippen molar-refractivity contribution in [2.24, 2.45) is 5.10 Å². The number of benzene rings is 1. The number of ether oxygens (including phenoxy) is 1. The molecule has 0 unspecified atom stereocenters. The summed E-state index contributed by atoms with van der Waals surface area (Å²) in [5.41, 5.74) is 10.1. The van der Waals surface area contributed by atoms with Gasteiger partial charge in [-0.3, -0.25) is 4.79 Å². The summed E-state index contributed by atoms with van der Waals surface area (Å²) in [4.78, 5) is 31.1. The predicted molar refractivity (Wildman–Crippen MR) is 122 cm³/mol. The molecule has 0 aliphatic carbocycles. The maximum Gasteiger partial charge on any atom is 0.338 e. The second-order valence-electron chi connectivity index (χ2n) is 8.53. The van der Waals surface area contributed by atoms with E-state index in [0.29, 0.717) is 23.6 Å². The molecule has 10 heteroatoms. The number of carbonyl (C=O) groups is 2. The van der Waals surface area contributed by atoms with Crippen LogP contribution < -0.4 is 21.4 Å². The van der Waals surface area contributed by atoms with Gasteiger partial charge < -0.3 is 15.0 Å². The lowest BCUT2D eigenvalue weighted by Gasteiger charge is -2.32. The third kappa shape index (κ3) is 4.53. The molecule has 0 radical (unpaired) electrons. The molecule has 1 amide bonds. The van der Waals surface area contributed by atoms with Crippen molar-refractivity contribution in [1.82, 2.24) is 26.3 Å². The zero-order valence-electron chi connectivity index (χ0n) is 18.5. The number of hydrazine groups is 2. The number of hydrazone groups is 1. The van der Waals surface area contributed by atoms with Crippen molar-refractivity contribution < 1.29 is 14.3 Å². The van der Waals surface area contributed by atoms with Crippen molar-refractivity contribution in [3.8, 4) is 0 Å². The Morgan fingerprint density at radius 1 is 1.24 bits per heavy atom. The van der Waals surface area contributed by atoms with Gasteiger partial charge in [0.05, 0.1) is 11.1 Å². The highest BCUT2D eigenvalue weighted by atomic mass is 16.5. The van der Waals surface area contributed by atoms with Crippen LogP contribution in [0, 0.1) is 6.92 Å². The zero-order chi connectivity index (χ0) is 22.8. The highest BCUT2D eigenvalue weighted by molar-refractivity contribution is 5.94. The van der Waals surface area contributed by atoms with E-state index >= 15 is 0 Å². The minimum absolute atomic E-state index is 0.0980. The summed E-state index contributed by atoms with van der Waals surface area (Å²) in [6.07, 6.45) is 5.92. The number of esters is 1. The van der Waals surface area contributed by atoms with Gasteiger partial charge in [0.1, 0.15) is 18.8 Å². The largest absolute Gasteiger partial charge is 0.457 e. The van der Waals surface area contributed by atoms with Crippen LogP contribution in [-0.4, -0.2) is 53.8 Å². The fourth-order valence-corrected chi connectivity index (χ4v) is 4.49. The number of carbonyl (C=O) groups excluding carboxylic acids is 2. The molecule has 172 valence electrons. The Bertz CT molecular complexity index is 1080. The van der Waals surface area contributed by atoms with Gasteiger partial charge in [-0.1, -0.05) is 6.07 Å². The van der Waals surface area contributed by atoms with Crippen molar-refractivity contribution in [3.05, 3.63) is 58.3 Å². The van der Waals surface area contributed by atoms with Crippen LogP contribution in [-0.2, 0) is 17.8 Å². The Morgan fingerprint density at radius 2 is 2.09 bits per heavy atom. The first-order valence-corrected chi connectivity index (χ1v) is 11.2. The number of piperidine rings is 1. The number of cyclic esters (lactones) is 1. The van der Waals surface area contributed by atoms with Gasteiger partial charge in [-0.25, -0.2) is 20.3 Å². The topological polar surface area (TPSA) is 111 Å². The van der Waals surface area contributed by atoms with Crippen LogP contribution in [0.5, 0.6) is 0 Å². The molecule has 3 aliphatic rings. The Morgan fingerprint density at radius 3 is 2.82 bits per heavy atom. The number of anilines is 1. The van der Waals surface area contributed by atoms with E-state index in [1.165, 1.54) is 11.1 Å². The molecular weight excluding hydrogens is 422 g/mol. The number of hydrogen-bond acceptors (Lipinski definition) is 9. The van der Waals surface area contributed by atoms with E-state index < -0.39 is 0 Å². The average Bonchev–Trinajstić information content (AvgIpc) is 3.51. The number of hydrogen-bond donors (Lipinski definition) is 3. The third-order valence-corrected chi connectivity index (χ3v) is 6.56. The van der Waals surface area contributed by atoms with E-state index in [9.17, 15) is 9.59 Å². The molecule has 1 aromatic carbocycles. The Kier molecular flexibility index (Phi) is 5.93. The third-order valence-electron chi connectivity index (χ3n) is 6.56. The highest BCUT2D eigenvalue weighted by Crippen LogP contribution is 2.26. The second kappa shape index (κ2) is 9.16. The van der Waals surface area contributed by atoms with Gasteiger partial charge in [-0.2, -0.15) is 5.10 Å². The van der Waals surface area contributed by atoms with Crippen LogP contribution in [0.1, 0.15) is 50.2 Å². The molecule has 0 spiro atoms. The SMILES string of the molecule is Cc1c(CCN2CCC(NC(=O)c3ccc(N4C=NNN4)nc3)CC2)ccc2c1COC2=O. The van der Waals surface area contributed by atoms with Crippen molar-refractivity contribution >= 4 is 24.0 Å². The first-order valence-electron chi connectivity index (χ1n) is 11.2. The number of fused-ring (bicyclic) bond motifs is 1. The number of rotatable bonds is 6. The van der Waals surface area contributed by atoms with Crippen LogP contribution in [0.15, 0.2) is 35.6 Å². The average molecular weight is 450 g/mol. The molecule has 3 aliphatic heterocycles. The molecule has 33 heavy (non-hydrogen) atoms. The fourth-order valence-electron chi connectivity index (χ4n) is 4.49. The smallest absolute Gasteiger partial charge is 0.338 e. The maximum atomic E-state index is 12.6.